The third kappa shape index (κ3) is 8.76. The summed E-state index contributed by atoms with van der Waals surface area (Å²) in [5.41, 5.74) is -0.0132. The van der Waals surface area contributed by atoms with Gasteiger partial charge in [-0.05, 0) is 49.5 Å². The molecule has 0 heterocycles. The molecule has 3 heteroatoms. The lowest BCUT2D eigenvalue weighted by atomic mass is 9.84. The highest BCUT2D eigenvalue weighted by Gasteiger charge is 2.48. The first-order valence-corrected chi connectivity index (χ1v) is 8.38. The van der Waals surface area contributed by atoms with Crippen molar-refractivity contribution in [2.45, 2.75) is 92.8 Å². The molecule has 0 saturated heterocycles. The molecule has 2 nitrogen and oxygen atoms in total. The molecule has 0 fully saturated rings. The van der Waals surface area contributed by atoms with Crippen LogP contribution in [0.5, 0.6) is 0 Å². The molecule has 0 aromatic heterocycles. The highest BCUT2D eigenvalue weighted by atomic mass is 31.1. The molecule has 0 spiro atoms. The van der Waals surface area contributed by atoms with Gasteiger partial charge in [-0.25, -0.2) is 0 Å². The predicted molar refractivity (Wildman–Crippen MR) is 85.0 cm³/mol. The second kappa shape index (κ2) is 5.82. The molecular formula is C16H34O2P+. The van der Waals surface area contributed by atoms with Crippen LogP contribution in [0.2, 0.25) is 0 Å². The van der Waals surface area contributed by atoms with Crippen LogP contribution < -0.4 is 0 Å². The van der Waals surface area contributed by atoms with Gasteiger partial charge in [0.1, 0.15) is 5.60 Å². The van der Waals surface area contributed by atoms with E-state index in [2.05, 4.69) is 41.5 Å². The zero-order valence-electron chi connectivity index (χ0n) is 14.7. The van der Waals surface area contributed by atoms with E-state index in [-0.39, 0.29) is 21.6 Å². The van der Waals surface area contributed by atoms with E-state index < -0.39 is 8.03 Å². The summed E-state index contributed by atoms with van der Waals surface area (Å²) in [5.74, 6) is 0. The van der Waals surface area contributed by atoms with Crippen LogP contribution in [-0.4, -0.2) is 10.8 Å². The van der Waals surface area contributed by atoms with Gasteiger partial charge in [0.2, 0.25) is 0 Å². The molecule has 114 valence electrons. The average molecular weight is 289 g/mol. The van der Waals surface area contributed by atoms with Crippen LogP contribution in [0.4, 0.5) is 0 Å². The van der Waals surface area contributed by atoms with Crippen LogP contribution in [0.15, 0.2) is 0 Å². The Morgan fingerprint density at radius 3 is 1.42 bits per heavy atom. The number of rotatable bonds is 5. The normalized spacial score (nSPS) is 15.6. The van der Waals surface area contributed by atoms with Crippen LogP contribution in [0.1, 0.15) is 82.1 Å². The van der Waals surface area contributed by atoms with Gasteiger partial charge in [-0.15, -0.1) is 4.52 Å². The summed E-state index contributed by atoms with van der Waals surface area (Å²) in [6.07, 6.45) is 1.79. The van der Waals surface area contributed by atoms with Gasteiger partial charge in [0.25, 0.3) is 0 Å². The third-order valence-corrected chi connectivity index (χ3v) is 4.55. The topological polar surface area (TPSA) is 26.3 Å². The van der Waals surface area contributed by atoms with Crippen molar-refractivity contribution in [1.29, 1.82) is 0 Å². The van der Waals surface area contributed by atoms with E-state index >= 15 is 0 Å². The average Bonchev–Trinajstić information content (AvgIpc) is 1.91. The lowest BCUT2D eigenvalue weighted by Gasteiger charge is -2.30. The summed E-state index contributed by atoms with van der Waals surface area (Å²) in [7, 11) is -1.68. The molecule has 0 aliphatic heterocycles. The third-order valence-electron chi connectivity index (χ3n) is 2.74. The minimum Gasteiger partial charge on any atom is -0.140 e. The van der Waals surface area contributed by atoms with Crippen molar-refractivity contribution in [2.75, 3.05) is 0 Å². The first-order valence-electron chi connectivity index (χ1n) is 7.21. The highest BCUT2D eigenvalue weighted by Crippen LogP contribution is 2.50. The standard InChI is InChI=1S/C16H34O2P/c1-13(2,3)11-15(7,8)18-19(17)16(9,10)12-14(4,5)6/h11-12H2,1-10H3/q+1. The van der Waals surface area contributed by atoms with Crippen molar-refractivity contribution in [3.05, 3.63) is 0 Å². The van der Waals surface area contributed by atoms with Crippen molar-refractivity contribution in [3.8, 4) is 0 Å². The van der Waals surface area contributed by atoms with Gasteiger partial charge in [-0.2, -0.15) is 0 Å². The van der Waals surface area contributed by atoms with Crippen molar-refractivity contribution in [2.24, 2.45) is 10.8 Å². The van der Waals surface area contributed by atoms with Crippen molar-refractivity contribution in [1.82, 2.24) is 0 Å². The Balaban J connectivity index is 4.76. The second-order valence-corrected chi connectivity index (χ2v) is 11.3. The molecule has 0 aliphatic rings. The Labute approximate surface area is 121 Å². The maximum Gasteiger partial charge on any atom is 0.514 e. The molecule has 0 amide bonds. The summed E-state index contributed by atoms with van der Waals surface area (Å²) >= 11 is 0. The minimum absolute atomic E-state index is 0.159. The van der Waals surface area contributed by atoms with Crippen molar-refractivity contribution < 1.29 is 9.09 Å². The van der Waals surface area contributed by atoms with Crippen LogP contribution >= 0.6 is 8.03 Å². The molecule has 0 saturated carbocycles. The van der Waals surface area contributed by atoms with E-state index in [1.807, 2.05) is 27.7 Å². The maximum atomic E-state index is 12.6. The Hall–Kier alpha value is 0.0600. The van der Waals surface area contributed by atoms with Crippen molar-refractivity contribution in [3.63, 3.8) is 0 Å². The Bertz CT molecular complexity index is 317. The van der Waals surface area contributed by atoms with Crippen LogP contribution in [0, 0.1) is 10.8 Å². The van der Waals surface area contributed by atoms with Crippen LogP contribution in [0.25, 0.3) is 0 Å². The van der Waals surface area contributed by atoms with Gasteiger partial charge in [0.15, 0.2) is 5.16 Å². The quantitative estimate of drug-likeness (QED) is 0.565. The van der Waals surface area contributed by atoms with Crippen LogP contribution in [0.3, 0.4) is 0 Å². The highest BCUT2D eigenvalue weighted by molar-refractivity contribution is 7.41. The van der Waals surface area contributed by atoms with E-state index in [1.165, 1.54) is 0 Å². The largest absolute Gasteiger partial charge is 0.514 e. The zero-order chi connectivity index (χ0) is 15.7. The van der Waals surface area contributed by atoms with E-state index in [4.69, 9.17) is 4.52 Å². The first kappa shape index (κ1) is 19.1. The maximum absolute atomic E-state index is 12.6. The minimum atomic E-state index is -1.68. The monoisotopic (exact) mass is 289 g/mol. The fourth-order valence-electron chi connectivity index (χ4n) is 3.02. The van der Waals surface area contributed by atoms with E-state index in [0.717, 1.165) is 12.8 Å². The molecule has 0 aliphatic carbocycles. The Kier molecular flexibility index (Phi) is 5.84. The molecule has 0 aromatic carbocycles. The number of hydrogen-bond donors (Lipinski definition) is 0. The van der Waals surface area contributed by atoms with E-state index in [9.17, 15) is 4.57 Å². The smallest absolute Gasteiger partial charge is 0.140 e. The summed E-state index contributed by atoms with van der Waals surface area (Å²) in [6.45, 7) is 21.3. The van der Waals surface area contributed by atoms with E-state index in [1.54, 1.807) is 0 Å². The molecule has 0 aromatic rings. The molecule has 0 rings (SSSR count). The SMILES string of the molecule is CC(C)(C)CC(C)(C)O[P+](=O)C(C)(C)CC(C)(C)C. The molecular weight excluding hydrogens is 255 g/mol. The Morgan fingerprint density at radius 2 is 1.11 bits per heavy atom. The lowest BCUT2D eigenvalue weighted by molar-refractivity contribution is 0.0660. The lowest BCUT2D eigenvalue weighted by Crippen LogP contribution is -2.31. The molecule has 0 bridgehead atoms. The van der Waals surface area contributed by atoms with Crippen molar-refractivity contribution >= 4 is 8.03 Å². The molecule has 0 radical (unpaired) electrons. The van der Waals surface area contributed by atoms with E-state index in [0.29, 0.717) is 0 Å². The van der Waals surface area contributed by atoms with Gasteiger partial charge in [-0.1, -0.05) is 41.5 Å². The van der Waals surface area contributed by atoms with Gasteiger partial charge >= 0.3 is 8.03 Å². The summed E-state index contributed by atoms with van der Waals surface area (Å²) < 4.78 is 18.5. The van der Waals surface area contributed by atoms with Gasteiger partial charge in [0.05, 0.1) is 0 Å². The number of hydrogen-bond acceptors (Lipinski definition) is 2. The zero-order valence-corrected chi connectivity index (χ0v) is 15.6. The molecule has 0 N–H and O–H groups in total. The fourth-order valence-corrected chi connectivity index (χ4v) is 4.38. The van der Waals surface area contributed by atoms with Crippen LogP contribution in [-0.2, 0) is 9.09 Å². The first-order chi connectivity index (χ1) is 8.04. The molecule has 19 heavy (non-hydrogen) atoms. The fraction of sp³-hybridized carbons (Fsp3) is 1.00. The van der Waals surface area contributed by atoms with Gasteiger partial charge < -0.3 is 0 Å². The van der Waals surface area contributed by atoms with Gasteiger partial charge in [0, 0.05) is 6.42 Å². The molecule has 1 unspecified atom stereocenters. The Morgan fingerprint density at radius 1 is 0.737 bits per heavy atom. The summed E-state index contributed by atoms with van der Waals surface area (Å²) in [5, 5.41) is -0.289. The second-order valence-electron chi connectivity index (χ2n) is 9.40. The summed E-state index contributed by atoms with van der Waals surface area (Å²) in [6, 6.07) is 0. The molecule has 1 atom stereocenters. The predicted octanol–water partition coefficient (Wildman–Crippen LogP) is 6.18. The summed E-state index contributed by atoms with van der Waals surface area (Å²) in [4.78, 5) is 0. The van der Waals surface area contributed by atoms with Gasteiger partial charge in [-0.3, -0.25) is 0 Å².